The molecule has 1 heterocycles. The fourth-order valence-corrected chi connectivity index (χ4v) is 3.58. The standard InChI is InChI=1S/C18H20N2O4S/c21-16(19-13-4-2-1-3-5-13)11-24-14-8-6-12(7-9-14)10-15-17(22)20-18(23)25-15/h6-10,13H,1-5,11H2,(H,19,21)(H,20,22,23)/b15-10-. The van der Waals surface area contributed by atoms with Crippen LogP contribution in [0.1, 0.15) is 37.7 Å². The summed E-state index contributed by atoms with van der Waals surface area (Å²) in [6.07, 6.45) is 7.33. The van der Waals surface area contributed by atoms with Gasteiger partial charge in [-0.2, -0.15) is 0 Å². The van der Waals surface area contributed by atoms with Crippen molar-refractivity contribution in [1.82, 2.24) is 10.6 Å². The summed E-state index contributed by atoms with van der Waals surface area (Å²) in [5.41, 5.74) is 0.784. The SMILES string of the molecule is O=C(COc1ccc(/C=C2\SC(=O)NC2=O)cc1)NC1CCCCC1. The first-order valence-electron chi connectivity index (χ1n) is 8.37. The maximum Gasteiger partial charge on any atom is 0.290 e. The van der Waals surface area contributed by atoms with E-state index in [0.717, 1.165) is 30.2 Å². The average Bonchev–Trinajstić information content (AvgIpc) is 2.92. The molecule has 3 rings (SSSR count). The molecule has 1 aliphatic carbocycles. The molecule has 0 unspecified atom stereocenters. The molecule has 2 N–H and O–H groups in total. The lowest BCUT2D eigenvalue weighted by atomic mass is 9.95. The third kappa shape index (κ3) is 5.09. The molecular formula is C18H20N2O4S. The number of hydrogen-bond acceptors (Lipinski definition) is 5. The molecule has 0 aromatic heterocycles. The first kappa shape index (κ1) is 17.5. The summed E-state index contributed by atoms with van der Waals surface area (Å²) in [7, 11) is 0. The molecular weight excluding hydrogens is 340 g/mol. The van der Waals surface area contributed by atoms with Crippen molar-refractivity contribution in [2.75, 3.05) is 6.61 Å². The van der Waals surface area contributed by atoms with E-state index < -0.39 is 0 Å². The van der Waals surface area contributed by atoms with Gasteiger partial charge in [-0.25, -0.2) is 0 Å². The second kappa shape index (κ2) is 8.20. The summed E-state index contributed by atoms with van der Waals surface area (Å²) in [6.45, 7) is -0.0102. The Balaban J connectivity index is 1.49. The molecule has 3 amide bonds. The molecule has 0 bridgehead atoms. The quantitative estimate of drug-likeness (QED) is 0.789. The zero-order valence-corrected chi connectivity index (χ0v) is 14.6. The van der Waals surface area contributed by atoms with Gasteiger partial charge in [0.1, 0.15) is 5.75 Å². The van der Waals surface area contributed by atoms with Crippen molar-refractivity contribution < 1.29 is 19.1 Å². The Labute approximate surface area is 150 Å². The Hall–Kier alpha value is -2.28. The van der Waals surface area contributed by atoms with Gasteiger partial charge >= 0.3 is 0 Å². The Morgan fingerprint density at radius 2 is 1.92 bits per heavy atom. The van der Waals surface area contributed by atoms with Crippen molar-refractivity contribution in [3.63, 3.8) is 0 Å². The molecule has 7 heteroatoms. The second-order valence-electron chi connectivity index (χ2n) is 6.11. The molecule has 1 saturated heterocycles. The van der Waals surface area contributed by atoms with Gasteiger partial charge < -0.3 is 10.1 Å². The lowest BCUT2D eigenvalue weighted by Crippen LogP contribution is -2.38. The van der Waals surface area contributed by atoms with E-state index >= 15 is 0 Å². The molecule has 1 aromatic carbocycles. The highest BCUT2D eigenvalue weighted by Crippen LogP contribution is 2.26. The van der Waals surface area contributed by atoms with Crippen molar-refractivity contribution in [3.8, 4) is 5.75 Å². The van der Waals surface area contributed by atoms with Gasteiger partial charge in [0.25, 0.3) is 17.1 Å². The van der Waals surface area contributed by atoms with E-state index in [1.54, 1.807) is 30.3 Å². The third-order valence-electron chi connectivity index (χ3n) is 4.16. The third-order valence-corrected chi connectivity index (χ3v) is 4.97. The average molecular weight is 360 g/mol. The number of thioether (sulfide) groups is 1. The van der Waals surface area contributed by atoms with E-state index in [9.17, 15) is 14.4 Å². The molecule has 0 radical (unpaired) electrons. The zero-order chi connectivity index (χ0) is 17.6. The number of carbonyl (C=O) groups excluding carboxylic acids is 3. The molecule has 1 saturated carbocycles. The first-order valence-corrected chi connectivity index (χ1v) is 9.19. The van der Waals surface area contributed by atoms with Gasteiger partial charge in [0.05, 0.1) is 4.91 Å². The Kier molecular flexibility index (Phi) is 5.75. The van der Waals surface area contributed by atoms with Gasteiger partial charge in [0, 0.05) is 6.04 Å². The van der Waals surface area contributed by atoms with Crippen LogP contribution in [0.25, 0.3) is 6.08 Å². The van der Waals surface area contributed by atoms with E-state index in [0.29, 0.717) is 10.7 Å². The van der Waals surface area contributed by atoms with Crippen LogP contribution in [0.15, 0.2) is 29.2 Å². The maximum atomic E-state index is 11.9. The lowest BCUT2D eigenvalue weighted by Gasteiger charge is -2.22. The molecule has 6 nitrogen and oxygen atoms in total. The molecule has 1 aromatic rings. The fourth-order valence-electron chi connectivity index (χ4n) is 2.90. The molecule has 2 fully saturated rings. The fraction of sp³-hybridized carbons (Fsp3) is 0.389. The van der Waals surface area contributed by atoms with Gasteiger partial charge in [-0.1, -0.05) is 31.4 Å². The van der Waals surface area contributed by atoms with Gasteiger partial charge in [-0.3, -0.25) is 19.7 Å². The van der Waals surface area contributed by atoms with Crippen molar-refractivity contribution in [1.29, 1.82) is 0 Å². The smallest absolute Gasteiger partial charge is 0.290 e. The van der Waals surface area contributed by atoms with Crippen molar-refractivity contribution in [2.45, 2.75) is 38.1 Å². The number of rotatable bonds is 5. The van der Waals surface area contributed by atoms with Crippen LogP contribution in [0.4, 0.5) is 4.79 Å². The van der Waals surface area contributed by atoms with Gasteiger partial charge in [0.15, 0.2) is 6.61 Å². The Morgan fingerprint density at radius 3 is 2.56 bits per heavy atom. The van der Waals surface area contributed by atoms with Gasteiger partial charge in [-0.15, -0.1) is 0 Å². The molecule has 25 heavy (non-hydrogen) atoms. The zero-order valence-electron chi connectivity index (χ0n) is 13.7. The van der Waals surface area contributed by atoms with Crippen molar-refractivity contribution >= 4 is 34.9 Å². The monoisotopic (exact) mass is 360 g/mol. The van der Waals surface area contributed by atoms with Crippen LogP contribution >= 0.6 is 11.8 Å². The van der Waals surface area contributed by atoms with Gasteiger partial charge in [-0.05, 0) is 48.4 Å². The topological polar surface area (TPSA) is 84.5 Å². The van der Waals surface area contributed by atoms with Crippen molar-refractivity contribution in [2.24, 2.45) is 0 Å². The number of ether oxygens (including phenoxy) is 1. The summed E-state index contributed by atoms with van der Waals surface area (Å²) < 4.78 is 5.50. The molecule has 0 atom stereocenters. The lowest BCUT2D eigenvalue weighted by molar-refractivity contribution is -0.124. The van der Waals surface area contributed by atoms with Crippen LogP contribution in [-0.4, -0.2) is 29.7 Å². The molecule has 1 aliphatic heterocycles. The van der Waals surface area contributed by atoms with E-state index in [2.05, 4.69) is 10.6 Å². The van der Waals surface area contributed by atoms with E-state index in [1.165, 1.54) is 19.3 Å². The maximum absolute atomic E-state index is 11.9. The highest BCUT2D eigenvalue weighted by molar-refractivity contribution is 8.18. The number of nitrogens with one attached hydrogen (secondary N) is 2. The minimum absolute atomic E-state index is 0.0102. The molecule has 0 spiro atoms. The van der Waals surface area contributed by atoms with Crippen LogP contribution in [0.2, 0.25) is 0 Å². The predicted molar refractivity (Wildman–Crippen MR) is 96.1 cm³/mol. The largest absolute Gasteiger partial charge is 0.484 e. The number of hydrogen-bond donors (Lipinski definition) is 2. The number of amides is 3. The second-order valence-corrected chi connectivity index (χ2v) is 7.13. The predicted octanol–water partition coefficient (Wildman–Crippen LogP) is 2.84. The van der Waals surface area contributed by atoms with Crippen LogP contribution in [-0.2, 0) is 9.59 Å². The van der Waals surface area contributed by atoms with E-state index in [4.69, 9.17) is 4.74 Å². The van der Waals surface area contributed by atoms with E-state index in [1.807, 2.05) is 0 Å². The highest BCUT2D eigenvalue weighted by Gasteiger charge is 2.24. The van der Waals surface area contributed by atoms with Crippen LogP contribution in [0, 0.1) is 0 Å². The minimum atomic E-state index is -0.380. The van der Waals surface area contributed by atoms with Crippen LogP contribution in [0.5, 0.6) is 5.75 Å². The summed E-state index contributed by atoms with van der Waals surface area (Å²) in [5.74, 6) is 0.103. The Morgan fingerprint density at radius 1 is 1.20 bits per heavy atom. The molecule has 132 valence electrons. The Bertz CT molecular complexity index is 694. The highest BCUT2D eigenvalue weighted by atomic mass is 32.2. The van der Waals surface area contributed by atoms with Crippen LogP contribution in [0.3, 0.4) is 0 Å². The van der Waals surface area contributed by atoms with Crippen molar-refractivity contribution in [3.05, 3.63) is 34.7 Å². The summed E-state index contributed by atoms with van der Waals surface area (Å²) >= 11 is 0.881. The first-order chi connectivity index (χ1) is 12.1. The number of benzene rings is 1. The number of carbonyl (C=O) groups is 3. The van der Waals surface area contributed by atoms with E-state index in [-0.39, 0.29) is 29.7 Å². The van der Waals surface area contributed by atoms with Gasteiger partial charge in [0.2, 0.25) is 0 Å². The summed E-state index contributed by atoms with van der Waals surface area (Å²) in [6, 6.07) is 7.30. The molecule has 2 aliphatic rings. The summed E-state index contributed by atoms with van der Waals surface area (Å²) in [5, 5.41) is 4.86. The van der Waals surface area contributed by atoms with Crippen LogP contribution < -0.4 is 15.4 Å². The number of imide groups is 1. The minimum Gasteiger partial charge on any atom is -0.484 e. The normalized spacial score (nSPS) is 19.8. The summed E-state index contributed by atoms with van der Waals surface area (Å²) in [4.78, 5) is 34.9.